The molecule has 7 heteroatoms. The summed E-state index contributed by atoms with van der Waals surface area (Å²) in [5.41, 5.74) is -0.622. The molecule has 0 bridgehead atoms. The molecule has 3 heterocycles. The quantitative estimate of drug-likeness (QED) is 0.902. The summed E-state index contributed by atoms with van der Waals surface area (Å²) in [6.07, 6.45) is 6.63. The molecule has 1 aromatic heterocycles. The Balaban J connectivity index is 1.55. The van der Waals surface area contributed by atoms with E-state index in [0.717, 1.165) is 31.9 Å². The fourth-order valence-electron chi connectivity index (χ4n) is 4.77. The standard InChI is InChI=1S/C18H22FN3O3/c19-14-7-20-6-5-15(14)21-8-13-9-22(11-18(13,10-21)17(24)25)16(23)12-3-1-2-4-12/h5-7,12-13H,1-4,8-11H2,(H,24,25)/t13-,18-/m1/s1. The van der Waals surface area contributed by atoms with Gasteiger partial charge in [0.25, 0.3) is 0 Å². The van der Waals surface area contributed by atoms with Crippen LogP contribution < -0.4 is 4.90 Å². The summed E-state index contributed by atoms with van der Waals surface area (Å²) in [6, 6.07) is 1.58. The van der Waals surface area contributed by atoms with E-state index in [-0.39, 0.29) is 30.8 Å². The van der Waals surface area contributed by atoms with Gasteiger partial charge in [0.1, 0.15) is 5.41 Å². The Kier molecular flexibility index (Phi) is 3.89. The number of rotatable bonds is 3. The molecule has 3 aliphatic rings. The van der Waals surface area contributed by atoms with Crippen molar-refractivity contribution in [2.75, 3.05) is 31.1 Å². The Morgan fingerprint density at radius 2 is 2.00 bits per heavy atom. The lowest BCUT2D eigenvalue weighted by atomic mass is 9.81. The van der Waals surface area contributed by atoms with Crippen molar-refractivity contribution in [1.82, 2.24) is 9.88 Å². The van der Waals surface area contributed by atoms with Gasteiger partial charge in [0.15, 0.2) is 5.82 Å². The first-order chi connectivity index (χ1) is 12.0. The summed E-state index contributed by atoms with van der Waals surface area (Å²) in [5.74, 6) is -1.35. The maximum atomic E-state index is 14.0. The Bertz CT molecular complexity index is 707. The number of hydrogen-bond acceptors (Lipinski definition) is 4. The number of likely N-dealkylation sites (tertiary alicyclic amines) is 1. The minimum absolute atomic E-state index is 0.0541. The van der Waals surface area contributed by atoms with Crippen LogP contribution in [0.4, 0.5) is 10.1 Å². The molecule has 1 aliphatic carbocycles. The molecule has 2 atom stereocenters. The zero-order valence-electron chi connectivity index (χ0n) is 14.0. The highest BCUT2D eigenvalue weighted by molar-refractivity contribution is 5.84. The van der Waals surface area contributed by atoms with E-state index in [1.54, 1.807) is 15.9 Å². The van der Waals surface area contributed by atoms with Crippen LogP contribution in [0.1, 0.15) is 25.7 Å². The van der Waals surface area contributed by atoms with Crippen LogP contribution in [-0.2, 0) is 9.59 Å². The molecule has 0 radical (unpaired) electrons. The van der Waals surface area contributed by atoms with Crippen LogP contribution in [0.3, 0.4) is 0 Å². The average Bonchev–Trinajstić information content (AvgIpc) is 3.29. The van der Waals surface area contributed by atoms with E-state index in [9.17, 15) is 19.1 Å². The lowest BCUT2D eigenvalue weighted by Crippen LogP contribution is -2.43. The third kappa shape index (κ3) is 2.56. The fraction of sp³-hybridized carbons (Fsp3) is 0.611. The summed E-state index contributed by atoms with van der Waals surface area (Å²) >= 11 is 0. The highest BCUT2D eigenvalue weighted by atomic mass is 19.1. The number of hydrogen-bond donors (Lipinski definition) is 1. The molecule has 0 spiro atoms. The van der Waals surface area contributed by atoms with Gasteiger partial charge in [-0.3, -0.25) is 14.6 Å². The number of carbonyl (C=O) groups is 2. The normalized spacial score (nSPS) is 29.2. The number of fused-ring (bicyclic) bond motifs is 1. The van der Waals surface area contributed by atoms with Gasteiger partial charge in [-0.15, -0.1) is 0 Å². The van der Waals surface area contributed by atoms with Crippen LogP contribution in [0.25, 0.3) is 0 Å². The van der Waals surface area contributed by atoms with Gasteiger partial charge < -0.3 is 14.9 Å². The molecule has 0 unspecified atom stereocenters. The number of aliphatic carboxylic acids is 1. The lowest BCUT2D eigenvalue weighted by molar-refractivity contribution is -0.148. The van der Waals surface area contributed by atoms with Crippen LogP contribution in [0.15, 0.2) is 18.5 Å². The molecule has 4 rings (SSSR count). The van der Waals surface area contributed by atoms with Gasteiger partial charge >= 0.3 is 5.97 Å². The van der Waals surface area contributed by atoms with Crippen molar-refractivity contribution in [3.63, 3.8) is 0 Å². The molecule has 1 saturated carbocycles. The topological polar surface area (TPSA) is 73.7 Å². The molecular weight excluding hydrogens is 325 g/mol. The average molecular weight is 347 g/mol. The second-order valence-electron chi connectivity index (χ2n) is 7.57. The van der Waals surface area contributed by atoms with E-state index < -0.39 is 17.2 Å². The number of amides is 1. The van der Waals surface area contributed by atoms with Crippen molar-refractivity contribution in [3.8, 4) is 0 Å². The Labute approximate surface area is 145 Å². The van der Waals surface area contributed by atoms with Crippen LogP contribution >= 0.6 is 0 Å². The molecule has 1 aromatic rings. The second kappa shape index (κ2) is 5.97. The maximum absolute atomic E-state index is 14.0. The Morgan fingerprint density at radius 1 is 1.24 bits per heavy atom. The number of nitrogens with zero attached hydrogens (tertiary/aromatic N) is 3. The van der Waals surface area contributed by atoms with Crippen molar-refractivity contribution in [2.24, 2.45) is 17.3 Å². The number of pyridine rings is 1. The van der Waals surface area contributed by atoms with E-state index in [0.29, 0.717) is 18.8 Å². The summed E-state index contributed by atoms with van der Waals surface area (Å²) in [6.45, 7) is 1.35. The number of carbonyl (C=O) groups excluding carboxylic acids is 1. The summed E-state index contributed by atoms with van der Waals surface area (Å²) in [5, 5.41) is 9.90. The van der Waals surface area contributed by atoms with Crippen LogP contribution in [0.5, 0.6) is 0 Å². The molecule has 25 heavy (non-hydrogen) atoms. The predicted molar refractivity (Wildman–Crippen MR) is 88.5 cm³/mol. The van der Waals surface area contributed by atoms with E-state index in [2.05, 4.69) is 4.98 Å². The highest BCUT2D eigenvalue weighted by Crippen LogP contribution is 2.45. The van der Waals surface area contributed by atoms with Gasteiger partial charge in [0, 0.05) is 44.2 Å². The highest BCUT2D eigenvalue weighted by Gasteiger charge is 2.59. The zero-order chi connectivity index (χ0) is 17.6. The Morgan fingerprint density at radius 3 is 2.64 bits per heavy atom. The minimum atomic E-state index is -1.01. The zero-order valence-corrected chi connectivity index (χ0v) is 14.0. The maximum Gasteiger partial charge on any atom is 0.313 e. The molecule has 1 N–H and O–H groups in total. The van der Waals surface area contributed by atoms with Gasteiger partial charge in [-0.05, 0) is 18.9 Å². The van der Waals surface area contributed by atoms with E-state index in [1.165, 1.54) is 6.20 Å². The molecule has 2 saturated heterocycles. The number of carboxylic acid groups (broad SMARTS) is 1. The van der Waals surface area contributed by atoms with Gasteiger partial charge in [0.05, 0.1) is 11.9 Å². The molecule has 3 fully saturated rings. The third-order valence-electron chi connectivity index (χ3n) is 6.14. The molecular formula is C18H22FN3O3. The number of carboxylic acids is 1. The monoisotopic (exact) mass is 347 g/mol. The predicted octanol–water partition coefficient (Wildman–Crippen LogP) is 1.76. The van der Waals surface area contributed by atoms with E-state index in [1.807, 2.05) is 0 Å². The first kappa shape index (κ1) is 16.3. The van der Waals surface area contributed by atoms with Crippen molar-refractivity contribution in [1.29, 1.82) is 0 Å². The van der Waals surface area contributed by atoms with Crippen molar-refractivity contribution < 1.29 is 19.1 Å². The van der Waals surface area contributed by atoms with Gasteiger partial charge in [0.2, 0.25) is 5.91 Å². The molecule has 134 valence electrons. The fourth-order valence-corrected chi connectivity index (χ4v) is 4.77. The van der Waals surface area contributed by atoms with Crippen molar-refractivity contribution >= 4 is 17.6 Å². The summed E-state index contributed by atoms with van der Waals surface area (Å²) in [4.78, 5) is 32.1. The largest absolute Gasteiger partial charge is 0.481 e. The second-order valence-corrected chi connectivity index (χ2v) is 7.57. The molecule has 1 amide bonds. The van der Waals surface area contributed by atoms with Crippen molar-refractivity contribution in [2.45, 2.75) is 25.7 Å². The molecule has 2 aliphatic heterocycles. The Hall–Kier alpha value is -2.18. The number of aromatic nitrogens is 1. The minimum Gasteiger partial charge on any atom is -0.481 e. The summed E-state index contributed by atoms with van der Waals surface area (Å²) < 4.78 is 14.0. The first-order valence-electron chi connectivity index (χ1n) is 8.88. The van der Waals surface area contributed by atoms with E-state index in [4.69, 9.17) is 0 Å². The van der Waals surface area contributed by atoms with Gasteiger partial charge in [-0.2, -0.15) is 0 Å². The lowest BCUT2D eigenvalue weighted by Gasteiger charge is -2.27. The van der Waals surface area contributed by atoms with E-state index >= 15 is 0 Å². The van der Waals surface area contributed by atoms with Crippen LogP contribution in [0, 0.1) is 23.1 Å². The summed E-state index contributed by atoms with van der Waals surface area (Å²) in [7, 11) is 0. The number of anilines is 1. The first-order valence-corrected chi connectivity index (χ1v) is 8.88. The van der Waals surface area contributed by atoms with Crippen molar-refractivity contribution in [3.05, 3.63) is 24.3 Å². The van der Waals surface area contributed by atoms with Gasteiger partial charge in [-0.1, -0.05) is 12.8 Å². The third-order valence-corrected chi connectivity index (χ3v) is 6.14. The molecule has 6 nitrogen and oxygen atoms in total. The number of halogens is 1. The SMILES string of the molecule is O=C(C1CCCC1)N1C[C@H]2CN(c3ccncc3F)C[C@@]2(C(=O)O)C1. The van der Waals surface area contributed by atoms with Crippen LogP contribution in [0.2, 0.25) is 0 Å². The van der Waals surface area contributed by atoms with Crippen LogP contribution in [-0.4, -0.2) is 53.0 Å². The molecule has 0 aromatic carbocycles. The van der Waals surface area contributed by atoms with Gasteiger partial charge in [-0.25, -0.2) is 4.39 Å². The smallest absolute Gasteiger partial charge is 0.313 e.